The van der Waals surface area contributed by atoms with E-state index in [-0.39, 0.29) is 0 Å². The third-order valence-electron chi connectivity index (χ3n) is 2.63. The van der Waals surface area contributed by atoms with Gasteiger partial charge in [-0.3, -0.25) is 0 Å². The first-order valence-electron chi connectivity index (χ1n) is 5.01. The lowest BCUT2D eigenvalue weighted by Crippen LogP contribution is -2.04. The summed E-state index contributed by atoms with van der Waals surface area (Å²) in [5.41, 5.74) is 2.79. The van der Waals surface area contributed by atoms with Gasteiger partial charge in [-0.25, -0.2) is 4.98 Å². The number of rotatable bonds is 0. The van der Waals surface area contributed by atoms with Crippen LogP contribution in [0.25, 0.3) is 0 Å². The molecule has 3 nitrogen and oxygen atoms in total. The fourth-order valence-corrected chi connectivity index (χ4v) is 1.83. The van der Waals surface area contributed by atoms with Crippen LogP contribution in [0.3, 0.4) is 0 Å². The number of nitrogens with zero attached hydrogens (tertiary/aromatic N) is 2. The van der Waals surface area contributed by atoms with E-state index in [4.69, 9.17) is 10.00 Å². The van der Waals surface area contributed by atoms with Crippen LogP contribution in [0.15, 0.2) is 36.5 Å². The van der Waals surface area contributed by atoms with E-state index in [0.29, 0.717) is 11.4 Å². The molecular formula is C13H8N2O. The van der Waals surface area contributed by atoms with Crippen molar-refractivity contribution in [2.45, 2.75) is 6.42 Å². The Kier molecular flexibility index (Phi) is 1.87. The molecule has 0 fully saturated rings. The van der Waals surface area contributed by atoms with E-state index < -0.39 is 0 Å². The lowest BCUT2D eigenvalue weighted by molar-refractivity contribution is 0.440. The first kappa shape index (κ1) is 8.93. The maximum Gasteiger partial charge on any atom is 0.222 e. The number of aromatic nitrogens is 1. The Labute approximate surface area is 92.9 Å². The second-order valence-electron chi connectivity index (χ2n) is 3.68. The van der Waals surface area contributed by atoms with Crippen LogP contribution in [-0.4, -0.2) is 4.98 Å². The highest BCUT2D eigenvalue weighted by Crippen LogP contribution is 2.34. The van der Waals surface area contributed by atoms with Crippen LogP contribution < -0.4 is 4.74 Å². The number of hydrogen-bond acceptors (Lipinski definition) is 3. The summed E-state index contributed by atoms with van der Waals surface area (Å²) in [6, 6.07) is 11.5. The number of ether oxygens (including phenoxy) is 1. The van der Waals surface area contributed by atoms with E-state index in [1.807, 2.05) is 24.3 Å². The van der Waals surface area contributed by atoms with E-state index in [2.05, 4.69) is 11.1 Å². The third-order valence-corrected chi connectivity index (χ3v) is 2.63. The molecule has 0 saturated carbocycles. The van der Waals surface area contributed by atoms with Gasteiger partial charge in [0.05, 0.1) is 11.6 Å². The van der Waals surface area contributed by atoms with Gasteiger partial charge in [-0.05, 0) is 23.8 Å². The number of hydrogen-bond donors (Lipinski definition) is 0. The number of nitriles is 1. The van der Waals surface area contributed by atoms with Gasteiger partial charge in [-0.2, -0.15) is 5.26 Å². The van der Waals surface area contributed by atoms with Crippen molar-refractivity contribution in [2.75, 3.05) is 0 Å². The maximum absolute atomic E-state index is 8.81. The normalized spacial score (nSPS) is 11.9. The second kappa shape index (κ2) is 3.35. The van der Waals surface area contributed by atoms with Gasteiger partial charge in [-0.15, -0.1) is 0 Å². The van der Waals surface area contributed by atoms with Crippen LogP contribution in [0.4, 0.5) is 0 Å². The molecule has 2 aromatic rings. The van der Waals surface area contributed by atoms with Gasteiger partial charge in [0.15, 0.2) is 0 Å². The molecule has 0 unspecified atom stereocenters. The van der Waals surface area contributed by atoms with Gasteiger partial charge in [0.25, 0.3) is 0 Å². The van der Waals surface area contributed by atoms with Crippen molar-refractivity contribution in [3.63, 3.8) is 0 Å². The standard InChI is InChI=1S/C13H8N2O/c14-8-9-3-4-10-7-11-2-1-5-15-13(11)16-12(10)6-9/h1-6H,7H2. The summed E-state index contributed by atoms with van der Waals surface area (Å²) in [6.07, 6.45) is 2.52. The molecular weight excluding hydrogens is 200 g/mol. The molecule has 3 heteroatoms. The highest BCUT2D eigenvalue weighted by atomic mass is 16.5. The molecule has 3 rings (SSSR count). The summed E-state index contributed by atoms with van der Waals surface area (Å²) in [5, 5.41) is 8.81. The van der Waals surface area contributed by atoms with Crippen LogP contribution in [0.1, 0.15) is 16.7 Å². The molecule has 0 saturated heterocycles. The molecule has 0 radical (unpaired) electrons. The molecule has 2 heterocycles. The predicted molar refractivity (Wildman–Crippen MR) is 58.3 cm³/mol. The van der Waals surface area contributed by atoms with Crippen LogP contribution in [-0.2, 0) is 6.42 Å². The molecule has 0 N–H and O–H groups in total. The van der Waals surface area contributed by atoms with Gasteiger partial charge < -0.3 is 4.74 Å². The molecule has 0 atom stereocenters. The SMILES string of the molecule is N#Cc1ccc2c(c1)Oc1ncccc1C2. The molecule has 0 bridgehead atoms. The van der Waals surface area contributed by atoms with Crippen LogP contribution in [0.5, 0.6) is 11.6 Å². The first-order chi connectivity index (χ1) is 7.86. The Bertz CT molecular complexity index is 599. The van der Waals surface area contributed by atoms with Gasteiger partial charge in [0, 0.05) is 18.2 Å². The van der Waals surface area contributed by atoms with Crippen LogP contribution in [0.2, 0.25) is 0 Å². The van der Waals surface area contributed by atoms with E-state index in [9.17, 15) is 0 Å². The number of pyridine rings is 1. The van der Waals surface area contributed by atoms with E-state index in [1.54, 1.807) is 12.3 Å². The summed E-state index contributed by atoms with van der Waals surface area (Å²) in [5.74, 6) is 1.38. The minimum absolute atomic E-state index is 0.609. The number of fused-ring (bicyclic) bond motifs is 2. The molecule has 1 aliphatic heterocycles. The fraction of sp³-hybridized carbons (Fsp3) is 0.0769. The van der Waals surface area contributed by atoms with Crippen molar-refractivity contribution >= 4 is 0 Å². The van der Waals surface area contributed by atoms with Gasteiger partial charge >= 0.3 is 0 Å². The first-order valence-corrected chi connectivity index (χ1v) is 5.01. The largest absolute Gasteiger partial charge is 0.438 e. The van der Waals surface area contributed by atoms with E-state index >= 15 is 0 Å². The lowest BCUT2D eigenvalue weighted by atomic mass is 10.0. The summed E-state index contributed by atoms with van der Waals surface area (Å²) in [7, 11) is 0. The molecule has 76 valence electrons. The molecule has 0 spiro atoms. The Morgan fingerprint density at radius 2 is 2.19 bits per heavy atom. The zero-order valence-corrected chi connectivity index (χ0v) is 8.47. The maximum atomic E-state index is 8.81. The molecule has 0 amide bonds. The summed E-state index contributed by atoms with van der Waals surface area (Å²) >= 11 is 0. The van der Waals surface area contributed by atoms with Crippen LogP contribution in [0, 0.1) is 11.3 Å². The highest BCUT2D eigenvalue weighted by Gasteiger charge is 2.17. The van der Waals surface area contributed by atoms with Crippen molar-refractivity contribution in [3.05, 3.63) is 53.2 Å². The van der Waals surface area contributed by atoms with Gasteiger partial charge in [0.1, 0.15) is 5.75 Å². The second-order valence-corrected chi connectivity index (χ2v) is 3.68. The summed E-state index contributed by atoms with van der Waals surface area (Å²) in [6.45, 7) is 0. The smallest absolute Gasteiger partial charge is 0.222 e. The molecule has 1 aromatic heterocycles. The Morgan fingerprint density at radius 3 is 3.06 bits per heavy atom. The minimum atomic E-state index is 0.609. The average molecular weight is 208 g/mol. The van der Waals surface area contributed by atoms with Crippen molar-refractivity contribution in [2.24, 2.45) is 0 Å². The summed E-state index contributed by atoms with van der Waals surface area (Å²) < 4.78 is 5.66. The monoisotopic (exact) mass is 208 g/mol. The molecule has 0 aliphatic carbocycles. The Balaban J connectivity index is 2.09. The van der Waals surface area contributed by atoms with Crippen molar-refractivity contribution in [1.29, 1.82) is 5.26 Å². The van der Waals surface area contributed by atoms with Gasteiger partial charge in [-0.1, -0.05) is 12.1 Å². The van der Waals surface area contributed by atoms with E-state index in [0.717, 1.165) is 23.3 Å². The Hall–Kier alpha value is -2.34. The quantitative estimate of drug-likeness (QED) is 0.570. The average Bonchev–Trinajstić information content (AvgIpc) is 2.35. The van der Waals surface area contributed by atoms with Crippen molar-refractivity contribution < 1.29 is 4.74 Å². The zero-order chi connectivity index (χ0) is 11.0. The van der Waals surface area contributed by atoms with Crippen molar-refractivity contribution in [3.8, 4) is 17.7 Å². The van der Waals surface area contributed by atoms with Crippen molar-refractivity contribution in [1.82, 2.24) is 4.98 Å². The molecule has 16 heavy (non-hydrogen) atoms. The Morgan fingerprint density at radius 1 is 1.25 bits per heavy atom. The molecule has 1 aromatic carbocycles. The highest BCUT2D eigenvalue weighted by molar-refractivity contribution is 5.50. The topological polar surface area (TPSA) is 45.9 Å². The fourth-order valence-electron chi connectivity index (χ4n) is 1.83. The van der Waals surface area contributed by atoms with Gasteiger partial charge in [0.2, 0.25) is 5.88 Å². The third kappa shape index (κ3) is 1.32. The lowest BCUT2D eigenvalue weighted by Gasteiger charge is -2.18. The zero-order valence-electron chi connectivity index (χ0n) is 8.47. The minimum Gasteiger partial charge on any atom is -0.438 e. The van der Waals surface area contributed by atoms with E-state index in [1.165, 1.54) is 0 Å². The molecule has 1 aliphatic rings. The van der Waals surface area contributed by atoms with Crippen LogP contribution >= 0.6 is 0 Å². The predicted octanol–water partition coefficient (Wildman–Crippen LogP) is 2.65. The summed E-state index contributed by atoms with van der Waals surface area (Å²) in [4.78, 5) is 4.17. The number of benzene rings is 1.